The fourth-order valence-corrected chi connectivity index (χ4v) is 6.63. The van der Waals surface area contributed by atoms with Crippen molar-refractivity contribution in [2.75, 3.05) is 26.0 Å². The van der Waals surface area contributed by atoms with E-state index >= 15 is 4.39 Å². The number of methoxy groups -OCH3 is 1. The molecule has 5 rings (SSSR count). The van der Waals surface area contributed by atoms with Crippen molar-refractivity contribution < 1.29 is 17.9 Å². The number of nitrogens with zero attached hydrogens (tertiary/aromatic N) is 1. The van der Waals surface area contributed by atoms with Crippen molar-refractivity contribution in [3.8, 4) is 16.9 Å². The van der Waals surface area contributed by atoms with E-state index in [1.54, 1.807) is 23.6 Å². The fraction of sp³-hybridized carbons (Fsp3) is 0.281. The second-order valence-corrected chi connectivity index (χ2v) is 11.1. The molecule has 0 bridgehead atoms. The van der Waals surface area contributed by atoms with Crippen molar-refractivity contribution in [3.05, 3.63) is 116 Å². The predicted molar refractivity (Wildman–Crippen MR) is 154 cm³/mol. The number of aryl methyl sites for hydroxylation is 1. The van der Waals surface area contributed by atoms with E-state index in [1.165, 1.54) is 54.3 Å². The van der Waals surface area contributed by atoms with Gasteiger partial charge in [0.2, 0.25) is 0 Å². The maximum atomic E-state index is 15.5. The fourth-order valence-electron chi connectivity index (χ4n) is 5.24. The Balaban J connectivity index is 1.54. The molecule has 0 amide bonds. The van der Waals surface area contributed by atoms with Gasteiger partial charge in [-0.15, -0.1) is 11.8 Å². The van der Waals surface area contributed by atoms with Crippen LogP contribution in [0.3, 0.4) is 0 Å². The Morgan fingerprint density at radius 1 is 0.975 bits per heavy atom. The topological polar surface area (TPSA) is 43.3 Å². The average molecular weight is 565 g/mol. The largest absolute Gasteiger partial charge is 0.494 e. The van der Waals surface area contributed by atoms with Crippen LogP contribution in [0.1, 0.15) is 33.9 Å². The highest BCUT2D eigenvalue weighted by Crippen LogP contribution is 2.40. The lowest BCUT2D eigenvalue weighted by Crippen LogP contribution is -2.34. The normalized spacial score (nSPS) is 14.4. The van der Waals surface area contributed by atoms with Crippen LogP contribution in [0.25, 0.3) is 11.1 Å². The van der Waals surface area contributed by atoms with Gasteiger partial charge in [0, 0.05) is 29.8 Å². The van der Waals surface area contributed by atoms with E-state index in [4.69, 9.17) is 4.74 Å². The number of hydrogen-bond acceptors (Lipinski definition) is 4. The zero-order valence-corrected chi connectivity index (χ0v) is 23.5. The molecule has 0 spiro atoms. The minimum atomic E-state index is -0.657. The van der Waals surface area contributed by atoms with Crippen molar-refractivity contribution in [2.24, 2.45) is 0 Å². The second-order valence-electron chi connectivity index (χ2n) is 10.1. The lowest BCUT2D eigenvalue weighted by atomic mass is 9.94. The van der Waals surface area contributed by atoms with Gasteiger partial charge >= 0.3 is 0 Å². The smallest absolute Gasteiger partial charge is 0.260 e. The van der Waals surface area contributed by atoms with Crippen molar-refractivity contribution in [1.29, 1.82) is 0 Å². The minimum absolute atomic E-state index is 0.0206. The SMILES string of the molecule is COc1cccc(-c2c(C)c(Cc3c(F)cccc3F)c3n(c2=O)C(CNCCc2ccc(C)cc2)CS3)c1F. The summed E-state index contributed by atoms with van der Waals surface area (Å²) in [5.41, 5.74) is 3.43. The predicted octanol–water partition coefficient (Wildman–Crippen LogP) is 6.63. The molecule has 0 radical (unpaired) electrons. The summed E-state index contributed by atoms with van der Waals surface area (Å²) >= 11 is 1.49. The van der Waals surface area contributed by atoms with E-state index in [9.17, 15) is 13.6 Å². The van der Waals surface area contributed by atoms with Gasteiger partial charge in [-0.3, -0.25) is 9.36 Å². The lowest BCUT2D eigenvalue weighted by molar-refractivity contribution is 0.387. The lowest BCUT2D eigenvalue weighted by Gasteiger charge is -2.21. The van der Waals surface area contributed by atoms with E-state index in [0.717, 1.165) is 13.0 Å². The van der Waals surface area contributed by atoms with Crippen molar-refractivity contribution in [2.45, 2.75) is 37.8 Å². The van der Waals surface area contributed by atoms with Crippen LogP contribution in [0.15, 0.2) is 70.5 Å². The van der Waals surface area contributed by atoms with Crippen LogP contribution in [0.5, 0.6) is 5.75 Å². The first-order valence-corrected chi connectivity index (χ1v) is 14.2. The zero-order valence-electron chi connectivity index (χ0n) is 22.7. The van der Waals surface area contributed by atoms with Crippen LogP contribution in [-0.2, 0) is 12.8 Å². The summed E-state index contributed by atoms with van der Waals surface area (Å²) in [6.07, 6.45) is 0.785. The molecule has 1 aromatic heterocycles. The number of halogens is 3. The maximum absolute atomic E-state index is 15.5. The van der Waals surface area contributed by atoms with E-state index in [0.29, 0.717) is 28.5 Å². The highest BCUT2D eigenvalue weighted by atomic mass is 32.2. The van der Waals surface area contributed by atoms with Gasteiger partial charge in [0.15, 0.2) is 11.6 Å². The quantitative estimate of drug-likeness (QED) is 0.232. The number of thioether (sulfide) groups is 1. The Kier molecular flexibility index (Phi) is 8.38. The highest BCUT2D eigenvalue weighted by Gasteiger charge is 2.32. The standard InChI is InChI=1S/C32H31F3N2O2S/c1-19-10-12-21(13-11-19)14-15-36-17-22-18-40-32-24(16-25-26(33)7-5-8-27(25)34)20(2)29(31(38)37(22)32)23-6-4-9-28(39-3)30(23)35/h4-13,22,36H,14-18H2,1-3H3. The van der Waals surface area contributed by atoms with E-state index in [-0.39, 0.29) is 40.5 Å². The monoisotopic (exact) mass is 564 g/mol. The maximum Gasteiger partial charge on any atom is 0.260 e. The molecule has 208 valence electrons. The molecule has 1 aliphatic heterocycles. The summed E-state index contributed by atoms with van der Waals surface area (Å²) in [5.74, 6) is -1.32. The summed E-state index contributed by atoms with van der Waals surface area (Å²) in [6, 6.07) is 16.6. The number of pyridine rings is 1. The molecule has 1 atom stereocenters. The van der Waals surface area contributed by atoms with Crippen LogP contribution in [0.2, 0.25) is 0 Å². The number of ether oxygens (including phenoxy) is 1. The molecule has 0 saturated heterocycles. The average Bonchev–Trinajstić information content (AvgIpc) is 3.36. The molecule has 1 N–H and O–H groups in total. The summed E-state index contributed by atoms with van der Waals surface area (Å²) in [5, 5.41) is 4.13. The second kappa shape index (κ2) is 11.9. The molecule has 3 aromatic carbocycles. The van der Waals surface area contributed by atoms with Gasteiger partial charge in [-0.1, -0.05) is 48.0 Å². The Hall–Kier alpha value is -3.49. The van der Waals surface area contributed by atoms with Gasteiger partial charge in [-0.05, 0) is 61.7 Å². The van der Waals surface area contributed by atoms with Crippen LogP contribution in [-0.4, -0.2) is 30.5 Å². The number of aromatic nitrogens is 1. The summed E-state index contributed by atoms with van der Waals surface area (Å²) in [6.45, 7) is 5.03. The van der Waals surface area contributed by atoms with Crippen LogP contribution >= 0.6 is 11.8 Å². The number of rotatable bonds is 9. The van der Waals surface area contributed by atoms with E-state index in [1.807, 2.05) is 0 Å². The van der Waals surface area contributed by atoms with Crippen molar-refractivity contribution in [3.63, 3.8) is 0 Å². The third-order valence-electron chi connectivity index (χ3n) is 7.47. The van der Waals surface area contributed by atoms with Gasteiger partial charge in [0.1, 0.15) is 11.6 Å². The number of hydrogen-bond donors (Lipinski definition) is 1. The highest BCUT2D eigenvalue weighted by molar-refractivity contribution is 7.99. The minimum Gasteiger partial charge on any atom is -0.494 e. The molecule has 1 unspecified atom stereocenters. The molecule has 4 aromatic rings. The Bertz CT molecular complexity index is 1580. The first-order valence-electron chi connectivity index (χ1n) is 13.2. The van der Waals surface area contributed by atoms with Gasteiger partial charge in [-0.2, -0.15) is 0 Å². The summed E-state index contributed by atoms with van der Waals surface area (Å²) in [4.78, 5) is 14.0. The Morgan fingerprint density at radius 2 is 1.68 bits per heavy atom. The van der Waals surface area contributed by atoms with Gasteiger partial charge in [0.05, 0.1) is 23.7 Å². The third kappa shape index (κ3) is 5.43. The molecular weight excluding hydrogens is 533 g/mol. The van der Waals surface area contributed by atoms with Gasteiger partial charge < -0.3 is 10.1 Å². The van der Waals surface area contributed by atoms with Gasteiger partial charge in [0.25, 0.3) is 5.56 Å². The van der Waals surface area contributed by atoms with Crippen molar-refractivity contribution >= 4 is 11.8 Å². The molecule has 0 saturated carbocycles. The molecule has 2 heterocycles. The van der Waals surface area contributed by atoms with Crippen LogP contribution < -0.4 is 15.6 Å². The molecule has 40 heavy (non-hydrogen) atoms. The third-order valence-corrected chi connectivity index (χ3v) is 8.74. The van der Waals surface area contributed by atoms with E-state index in [2.05, 4.69) is 36.5 Å². The summed E-state index contributed by atoms with van der Waals surface area (Å²) < 4.78 is 51.8. The van der Waals surface area contributed by atoms with Crippen LogP contribution in [0.4, 0.5) is 13.2 Å². The number of benzene rings is 3. The molecule has 0 fully saturated rings. The number of fused-ring (bicyclic) bond motifs is 1. The molecule has 4 nitrogen and oxygen atoms in total. The Labute approximate surface area is 236 Å². The Morgan fingerprint density at radius 3 is 2.38 bits per heavy atom. The first-order chi connectivity index (χ1) is 19.3. The first kappa shape index (κ1) is 28.1. The van der Waals surface area contributed by atoms with Crippen LogP contribution in [0, 0.1) is 31.3 Å². The molecule has 8 heteroatoms. The zero-order chi connectivity index (χ0) is 28.4. The number of nitrogens with one attached hydrogen (secondary N) is 1. The molecule has 0 aliphatic carbocycles. The van der Waals surface area contributed by atoms with E-state index < -0.39 is 17.5 Å². The van der Waals surface area contributed by atoms with Crippen molar-refractivity contribution in [1.82, 2.24) is 9.88 Å². The van der Waals surface area contributed by atoms with Gasteiger partial charge in [-0.25, -0.2) is 13.2 Å². The summed E-state index contributed by atoms with van der Waals surface area (Å²) in [7, 11) is 1.37. The molecular formula is C32H31F3N2O2S. The molecule has 1 aliphatic rings.